The van der Waals surface area contributed by atoms with Gasteiger partial charge in [0.1, 0.15) is 11.7 Å². The van der Waals surface area contributed by atoms with Crippen LogP contribution >= 0.6 is 0 Å². The van der Waals surface area contributed by atoms with E-state index in [1.165, 1.54) is 0 Å². The van der Waals surface area contributed by atoms with Crippen LogP contribution in [0, 0.1) is 11.8 Å². The van der Waals surface area contributed by atoms with Crippen LogP contribution < -0.4 is 5.32 Å². The molecule has 1 heterocycles. The van der Waals surface area contributed by atoms with Crippen LogP contribution in [0.1, 0.15) is 40.0 Å². The van der Waals surface area contributed by atoms with Crippen molar-refractivity contribution in [1.29, 1.82) is 0 Å². The number of hydrogen-bond donors (Lipinski definition) is 1. The number of carbonyl (C=O) groups is 2. The van der Waals surface area contributed by atoms with Crippen LogP contribution in [0.5, 0.6) is 0 Å². The second-order valence-corrected chi connectivity index (χ2v) is 10.2. The molecular weight excluding hydrogens is 416 g/mol. The summed E-state index contributed by atoms with van der Waals surface area (Å²) in [5.74, 6) is 0.879. The number of esters is 1. The van der Waals surface area contributed by atoms with Gasteiger partial charge >= 0.3 is 12.1 Å². The van der Waals surface area contributed by atoms with Crippen molar-refractivity contribution < 1.29 is 19.1 Å². The minimum Gasteiger partial charge on any atom is -0.460 e. The van der Waals surface area contributed by atoms with Crippen LogP contribution in [-0.4, -0.2) is 48.3 Å². The van der Waals surface area contributed by atoms with Gasteiger partial charge in [-0.15, -0.1) is 0 Å². The largest absolute Gasteiger partial charge is 0.460 e. The predicted molar refractivity (Wildman–Crippen MR) is 129 cm³/mol. The summed E-state index contributed by atoms with van der Waals surface area (Å²) in [5, 5.41) is 2.94. The first-order valence-electron chi connectivity index (χ1n) is 11.8. The lowest BCUT2D eigenvalue weighted by atomic mass is 10.0. The van der Waals surface area contributed by atoms with E-state index < -0.39 is 11.7 Å². The molecule has 33 heavy (non-hydrogen) atoms. The van der Waals surface area contributed by atoms with Gasteiger partial charge in [0.05, 0.1) is 12.1 Å². The number of hydrogen-bond acceptors (Lipinski definition) is 5. The second kappa shape index (κ2) is 9.96. The summed E-state index contributed by atoms with van der Waals surface area (Å²) in [6.45, 7) is 8.30. The lowest BCUT2D eigenvalue weighted by molar-refractivity contribution is -0.155. The Bertz CT molecular complexity index is 956. The molecule has 1 amide bonds. The molecule has 2 aliphatic rings. The van der Waals surface area contributed by atoms with Gasteiger partial charge in [-0.3, -0.25) is 10.1 Å². The van der Waals surface area contributed by atoms with E-state index in [9.17, 15) is 9.59 Å². The van der Waals surface area contributed by atoms with Gasteiger partial charge in [0.15, 0.2) is 0 Å². The molecule has 1 aliphatic heterocycles. The molecule has 2 aromatic rings. The van der Waals surface area contributed by atoms with E-state index in [2.05, 4.69) is 10.2 Å². The first kappa shape index (κ1) is 23.3. The number of nitrogens with zero attached hydrogens (tertiary/aromatic N) is 1. The maximum absolute atomic E-state index is 12.6. The number of fused-ring (bicyclic) bond motifs is 1. The summed E-state index contributed by atoms with van der Waals surface area (Å²) >= 11 is 0. The molecule has 0 radical (unpaired) electrons. The average Bonchev–Trinajstić information content (AvgIpc) is 3.30. The minimum atomic E-state index is -0.439. The monoisotopic (exact) mass is 450 g/mol. The zero-order chi connectivity index (χ0) is 23.4. The highest BCUT2D eigenvalue weighted by atomic mass is 16.6. The topological polar surface area (TPSA) is 67.9 Å². The van der Waals surface area contributed by atoms with Crippen molar-refractivity contribution in [3.8, 4) is 11.1 Å². The van der Waals surface area contributed by atoms with Crippen molar-refractivity contribution in [2.75, 3.05) is 25.0 Å². The molecule has 6 heteroatoms. The lowest BCUT2D eigenvalue weighted by Gasteiger charge is -2.22. The van der Waals surface area contributed by atoms with Gasteiger partial charge in [0.2, 0.25) is 0 Å². The van der Waals surface area contributed by atoms with Crippen molar-refractivity contribution in [3.05, 3.63) is 54.6 Å². The minimum absolute atomic E-state index is 0.0584. The number of likely N-dealkylation sites (tertiary alicyclic amines) is 1. The Kier molecular flexibility index (Phi) is 7.03. The van der Waals surface area contributed by atoms with Crippen LogP contribution in [0.2, 0.25) is 0 Å². The van der Waals surface area contributed by atoms with Gasteiger partial charge in [-0.05, 0) is 57.1 Å². The molecule has 1 saturated carbocycles. The third kappa shape index (κ3) is 6.35. The van der Waals surface area contributed by atoms with E-state index in [0.29, 0.717) is 18.3 Å². The Morgan fingerprint density at radius 2 is 1.61 bits per heavy atom. The molecule has 1 N–H and O–H groups in total. The van der Waals surface area contributed by atoms with Gasteiger partial charge in [-0.1, -0.05) is 48.5 Å². The van der Waals surface area contributed by atoms with E-state index in [1.54, 1.807) is 0 Å². The molecule has 0 spiro atoms. The van der Waals surface area contributed by atoms with E-state index in [-0.39, 0.29) is 12.1 Å². The molecule has 4 rings (SSSR count). The number of carbonyl (C=O) groups excluding carboxylic acids is 2. The standard InChI is InChI=1S/C27H34N2O4/c1-27(2,3)33-25(30)13-14-29-17-20-15-22(16-21(20)18-29)32-26(31)28-24-12-8-7-11-23(24)19-9-5-4-6-10-19/h4-12,20-22H,13-18H2,1-3H3,(H,28,31)/t20-,21+,22+. The molecule has 0 aromatic heterocycles. The smallest absolute Gasteiger partial charge is 0.411 e. The van der Waals surface area contributed by atoms with Crippen molar-refractivity contribution >= 4 is 17.7 Å². The maximum atomic E-state index is 12.6. The summed E-state index contributed by atoms with van der Waals surface area (Å²) < 4.78 is 11.2. The van der Waals surface area contributed by atoms with Crippen molar-refractivity contribution in [2.24, 2.45) is 11.8 Å². The zero-order valence-corrected chi connectivity index (χ0v) is 19.8. The Morgan fingerprint density at radius 1 is 0.970 bits per heavy atom. The zero-order valence-electron chi connectivity index (χ0n) is 19.8. The highest BCUT2D eigenvalue weighted by Crippen LogP contribution is 2.39. The summed E-state index contributed by atoms with van der Waals surface area (Å²) in [5.41, 5.74) is 2.33. The molecule has 2 aromatic carbocycles. The quantitative estimate of drug-likeness (QED) is 0.602. The summed E-state index contributed by atoms with van der Waals surface area (Å²) in [6.07, 6.45) is 1.71. The molecule has 176 valence electrons. The third-order valence-electron chi connectivity index (χ3n) is 6.36. The van der Waals surface area contributed by atoms with E-state index in [4.69, 9.17) is 9.47 Å². The molecular formula is C27H34N2O4. The molecule has 6 nitrogen and oxygen atoms in total. The molecule has 1 aliphatic carbocycles. The maximum Gasteiger partial charge on any atom is 0.411 e. The Morgan fingerprint density at radius 3 is 2.27 bits per heavy atom. The Labute approximate surface area is 196 Å². The number of amides is 1. The predicted octanol–water partition coefficient (Wildman–Crippen LogP) is 5.34. The Balaban J connectivity index is 1.24. The SMILES string of the molecule is CC(C)(C)OC(=O)CCN1C[C@H]2C[C@H](OC(=O)Nc3ccccc3-c3ccccc3)C[C@H]2C1. The molecule has 1 saturated heterocycles. The lowest BCUT2D eigenvalue weighted by Crippen LogP contribution is -2.30. The second-order valence-electron chi connectivity index (χ2n) is 10.2. The van der Waals surface area contributed by atoms with Crippen molar-refractivity contribution in [3.63, 3.8) is 0 Å². The van der Waals surface area contributed by atoms with Crippen LogP contribution in [0.25, 0.3) is 11.1 Å². The number of rotatable bonds is 6. The van der Waals surface area contributed by atoms with Crippen LogP contribution in [-0.2, 0) is 14.3 Å². The number of benzene rings is 2. The van der Waals surface area contributed by atoms with E-state index in [1.807, 2.05) is 75.4 Å². The van der Waals surface area contributed by atoms with Crippen LogP contribution in [0.3, 0.4) is 0 Å². The summed E-state index contributed by atoms with van der Waals surface area (Å²) in [6, 6.07) is 17.8. The van der Waals surface area contributed by atoms with Crippen molar-refractivity contribution in [1.82, 2.24) is 4.90 Å². The summed E-state index contributed by atoms with van der Waals surface area (Å²) in [7, 11) is 0. The first-order valence-corrected chi connectivity index (χ1v) is 11.8. The van der Waals surface area contributed by atoms with Crippen molar-refractivity contribution in [2.45, 2.75) is 51.7 Å². The third-order valence-corrected chi connectivity index (χ3v) is 6.36. The Hall–Kier alpha value is -2.86. The van der Waals surface area contributed by atoms with E-state index >= 15 is 0 Å². The molecule has 2 fully saturated rings. The fourth-order valence-electron chi connectivity index (χ4n) is 5.01. The van der Waals surface area contributed by atoms with Gasteiger partial charge in [0, 0.05) is 25.2 Å². The van der Waals surface area contributed by atoms with Crippen LogP contribution in [0.4, 0.5) is 10.5 Å². The normalized spacial score (nSPS) is 22.6. The fraction of sp³-hybridized carbons (Fsp3) is 0.481. The first-order chi connectivity index (χ1) is 15.8. The highest BCUT2D eigenvalue weighted by molar-refractivity contribution is 5.91. The highest BCUT2D eigenvalue weighted by Gasteiger charge is 2.42. The molecule has 0 bridgehead atoms. The van der Waals surface area contributed by atoms with Gasteiger partial charge in [-0.25, -0.2) is 4.79 Å². The average molecular weight is 451 g/mol. The summed E-state index contributed by atoms with van der Waals surface area (Å²) in [4.78, 5) is 27.0. The van der Waals surface area contributed by atoms with Gasteiger partial charge in [0.25, 0.3) is 0 Å². The number of nitrogens with one attached hydrogen (secondary N) is 1. The van der Waals surface area contributed by atoms with E-state index in [0.717, 1.165) is 49.3 Å². The number of anilines is 1. The van der Waals surface area contributed by atoms with Gasteiger partial charge in [-0.2, -0.15) is 0 Å². The number of para-hydroxylation sites is 1. The van der Waals surface area contributed by atoms with Gasteiger partial charge < -0.3 is 14.4 Å². The molecule has 3 atom stereocenters. The fourth-order valence-corrected chi connectivity index (χ4v) is 5.01. The number of ether oxygens (including phenoxy) is 2. The molecule has 0 unspecified atom stereocenters. The van der Waals surface area contributed by atoms with Crippen LogP contribution in [0.15, 0.2) is 54.6 Å².